The molecule has 0 aliphatic rings. The molecule has 0 N–H and O–H groups in total. The van der Waals surface area contributed by atoms with Crippen molar-refractivity contribution in [2.45, 2.75) is 0 Å². The lowest BCUT2D eigenvalue weighted by Crippen LogP contribution is -1.97. The molecule has 0 saturated carbocycles. The van der Waals surface area contributed by atoms with Crippen molar-refractivity contribution in [3.8, 4) is 72.7 Å². The Hall–Kier alpha value is -7.81. The van der Waals surface area contributed by atoms with Gasteiger partial charge in [0, 0.05) is 11.3 Å². The highest BCUT2D eigenvalue weighted by atomic mass is 15.1. The Morgan fingerprint density at radius 3 is 1.56 bits per heavy atom. The van der Waals surface area contributed by atoms with Gasteiger partial charge in [-0.2, -0.15) is 0 Å². The van der Waals surface area contributed by atoms with E-state index < -0.39 is 0 Å². The van der Waals surface area contributed by atoms with Crippen LogP contribution < -0.4 is 0 Å². The number of para-hydroxylation sites is 3. The summed E-state index contributed by atoms with van der Waals surface area (Å²) in [7, 11) is 0. The highest BCUT2D eigenvalue weighted by Gasteiger charge is 2.20. The van der Waals surface area contributed by atoms with Gasteiger partial charge >= 0.3 is 0 Å². The van der Waals surface area contributed by atoms with E-state index in [0.717, 1.165) is 33.7 Å². The molecule has 0 fully saturated rings. The predicted octanol–water partition coefficient (Wildman–Crippen LogP) is 15.3. The van der Waals surface area contributed by atoms with Crippen LogP contribution in [0.1, 0.15) is 0 Å². The Kier molecular flexibility index (Phi) is 8.52. The first-order valence-electron chi connectivity index (χ1n) is 20.2. The highest BCUT2D eigenvalue weighted by molar-refractivity contribution is 6.23. The average molecular weight is 751 g/mol. The van der Waals surface area contributed by atoms with Gasteiger partial charge in [-0.05, 0) is 114 Å². The van der Waals surface area contributed by atoms with Crippen molar-refractivity contribution in [3.63, 3.8) is 0 Å². The number of rotatable bonds is 7. The Morgan fingerprint density at radius 2 is 0.797 bits per heavy atom. The van der Waals surface area contributed by atoms with E-state index in [9.17, 15) is 0 Å². The molecule has 276 valence electrons. The zero-order valence-corrected chi connectivity index (χ0v) is 32.3. The minimum Gasteiger partial charge on any atom is -0.292 e. The van der Waals surface area contributed by atoms with Crippen LogP contribution >= 0.6 is 0 Å². The summed E-state index contributed by atoms with van der Waals surface area (Å²) in [5.74, 6) is 0.927. The minimum atomic E-state index is 0.927. The van der Waals surface area contributed by atoms with E-state index in [2.05, 4.69) is 235 Å². The molecule has 2 nitrogen and oxygen atoms in total. The van der Waals surface area contributed by atoms with Gasteiger partial charge in [-0.25, -0.2) is 4.98 Å². The van der Waals surface area contributed by atoms with Crippen molar-refractivity contribution in [2.75, 3.05) is 0 Å². The van der Waals surface area contributed by atoms with E-state index in [4.69, 9.17) is 4.98 Å². The van der Waals surface area contributed by atoms with Crippen LogP contribution in [0.2, 0.25) is 0 Å². The molecule has 0 aliphatic heterocycles. The van der Waals surface area contributed by atoms with Gasteiger partial charge in [-0.15, -0.1) is 0 Å². The van der Waals surface area contributed by atoms with E-state index in [1.807, 2.05) is 0 Å². The van der Waals surface area contributed by atoms with Gasteiger partial charge in [0.15, 0.2) is 0 Å². The molecule has 0 radical (unpaired) electrons. The van der Waals surface area contributed by atoms with E-state index >= 15 is 0 Å². The fraction of sp³-hybridized carbons (Fsp3) is 0. The number of imidazole rings is 1. The van der Waals surface area contributed by atoms with Crippen molar-refractivity contribution in [1.29, 1.82) is 0 Å². The molecule has 2 heteroatoms. The summed E-state index contributed by atoms with van der Waals surface area (Å²) in [5.41, 5.74) is 16.3. The van der Waals surface area contributed by atoms with Crippen LogP contribution in [0, 0.1) is 0 Å². The number of benzene rings is 10. The van der Waals surface area contributed by atoms with Gasteiger partial charge in [-0.3, -0.25) is 4.57 Å². The van der Waals surface area contributed by atoms with E-state index in [0.29, 0.717) is 0 Å². The SMILES string of the molecule is c1ccc(-c2cccc(-c3c4ccccc4c(-c4ccccc4-c4ccccc4)c4cc(-c5ccc(-c6nc7ccccc7n6-c6ccccc6)cc5)ccc34)c2)cc1. The van der Waals surface area contributed by atoms with Gasteiger partial charge < -0.3 is 0 Å². The normalized spacial score (nSPS) is 11.4. The van der Waals surface area contributed by atoms with E-state index in [-0.39, 0.29) is 0 Å². The maximum absolute atomic E-state index is 5.14. The molecule has 1 aromatic heterocycles. The van der Waals surface area contributed by atoms with Crippen LogP contribution in [0.3, 0.4) is 0 Å². The minimum absolute atomic E-state index is 0.927. The summed E-state index contributed by atoms with van der Waals surface area (Å²) < 4.78 is 2.26. The van der Waals surface area contributed by atoms with Crippen molar-refractivity contribution < 1.29 is 0 Å². The maximum Gasteiger partial charge on any atom is 0.145 e. The van der Waals surface area contributed by atoms with Gasteiger partial charge in [0.2, 0.25) is 0 Å². The molecule has 0 amide bonds. The van der Waals surface area contributed by atoms with Crippen LogP contribution in [0.15, 0.2) is 231 Å². The van der Waals surface area contributed by atoms with Crippen LogP contribution in [0.4, 0.5) is 0 Å². The number of nitrogens with zero attached hydrogens (tertiary/aromatic N) is 2. The summed E-state index contributed by atoms with van der Waals surface area (Å²) in [4.78, 5) is 5.14. The summed E-state index contributed by atoms with van der Waals surface area (Å²) in [6.07, 6.45) is 0. The largest absolute Gasteiger partial charge is 0.292 e. The van der Waals surface area contributed by atoms with E-state index in [1.165, 1.54) is 71.6 Å². The lowest BCUT2D eigenvalue weighted by atomic mass is 9.82. The molecular weight excluding hydrogens is 713 g/mol. The van der Waals surface area contributed by atoms with Crippen molar-refractivity contribution >= 4 is 32.6 Å². The first-order valence-corrected chi connectivity index (χ1v) is 20.2. The third-order valence-corrected chi connectivity index (χ3v) is 11.6. The molecular formula is C57H38N2. The molecule has 10 aromatic carbocycles. The fourth-order valence-corrected chi connectivity index (χ4v) is 8.88. The first-order chi connectivity index (χ1) is 29.3. The molecule has 59 heavy (non-hydrogen) atoms. The monoisotopic (exact) mass is 750 g/mol. The van der Waals surface area contributed by atoms with E-state index in [1.54, 1.807) is 0 Å². The van der Waals surface area contributed by atoms with Gasteiger partial charge in [0.05, 0.1) is 11.0 Å². The Balaban J connectivity index is 1.13. The van der Waals surface area contributed by atoms with Gasteiger partial charge in [0.1, 0.15) is 5.82 Å². The molecule has 0 atom stereocenters. The summed E-state index contributed by atoms with van der Waals surface area (Å²) in [6, 6.07) is 83.1. The van der Waals surface area contributed by atoms with Crippen LogP contribution in [0.5, 0.6) is 0 Å². The van der Waals surface area contributed by atoms with Crippen molar-refractivity contribution in [1.82, 2.24) is 9.55 Å². The number of fused-ring (bicyclic) bond motifs is 3. The Bertz CT molecular complexity index is 3290. The van der Waals surface area contributed by atoms with Gasteiger partial charge in [-0.1, -0.05) is 194 Å². The summed E-state index contributed by atoms with van der Waals surface area (Å²) >= 11 is 0. The van der Waals surface area contributed by atoms with Crippen LogP contribution in [0.25, 0.3) is 105 Å². The van der Waals surface area contributed by atoms with Crippen LogP contribution in [-0.2, 0) is 0 Å². The molecule has 0 unspecified atom stereocenters. The highest BCUT2D eigenvalue weighted by Crippen LogP contribution is 2.47. The van der Waals surface area contributed by atoms with Gasteiger partial charge in [0.25, 0.3) is 0 Å². The fourth-order valence-electron chi connectivity index (χ4n) is 8.88. The molecule has 11 aromatic rings. The van der Waals surface area contributed by atoms with Crippen molar-refractivity contribution in [3.05, 3.63) is 231 Å². The average Bonchev–Trinajstić information content (AvgIpc) is 3.71. The zero-order valence-electron chi connectivity index (χ0n) is 32.3. The molecule has 0 saturated heterocycles. The standard InChI is InChI=1S/C57H38N2/c1-4-17-39(18-5-1)43-21-16-22-45(37-43)55-49-27-12-13-28-50(49)56(48-26-11-10-25-47(48)41-19-6-2-7-20-41)52-38-44(35-36-51(52)55)40-31-33-42(34-32-40)57-58-53-29-14-15-30-54(53)59(57)46-23-8-3-9-24-46/h1-38H. The molecule has 0 aliphatic carbocycles. The maximum atomic E-state index is 5.14. The number of hydrogen-bond donors (Lipinski definition) is 0. The molecule has 11 rings (SSSR count). The molecule has 0 bridgehead atoms. The quantitative estimate of drug-likeness (QED) is 0.148. The summed E-state index contributed by atoms with van der Waals surface area (Å²) in [5, 5.41) is 4.92. The first kappa shape index (κ1) is 34.4. The smallest absolute Gasteiger partial charge is 0.145 e. The second-order valence-corrected chi connectivity index (χ2v) is 15.1. The molecule has 1 heterocycles. The summed E-state index contributed by atoms with van der Waals surface area (Å²) in [6.45, 7) is 0. The third kappa shape index (κ3) is 6.10. The predicted molar refractivity (Wildman–Crippen MR) is 249 cm³/mol. The third-order valence-electron chi connectivity index (χ3n) is 11.6. The Morgan fingerprint density at radius 1 is 0.288 bits per heavy atom. The zero-order chi connectivity index (χ0) is 39.1. The molecule has 0 spiro atoms. The lowest BCUT2D eigenvalue weighted by molar-refractivity contribution is 1.10. The Labute approximate surface area is 344 Å². The lowest BCUT2D eigenvalue weighted by Gasteiger charge is -2.21. The second kappa shape index (κ2) is 14.6. The van der Waals surface area contributed by atoms with Crippen molar-refractivity contribution in [2.24, 2.45) is 0 Å². The number of aromatic nitrogens is 2. The number of hydrogen-bond acceptors (Lipinski definition) is 1. The second-order valence-electron chi connectivity index (χ2n) is 15.1. The topological polar surface area (TPSA) is 17.8 Å². The van der Waals surface area contributed by atoms with Crippen LogP contribution in [-0.4, -0.2) is 9.55 Å².